The number of nitrogens with zero attached hydrogens (tertiary/aromatic N) is 1. The second kappa shape index (κ2) is 6.24. The van der Waals surface area contributed by atoms with E-state index in [2.05, 4.69) is 12.2 Å². The Labute approximate surface area is 118 Å². The van der Waals surface area contributed by atoms with Crippen LogP contribution in [0.2, 0.25) is 5.02 Å². The molecule has 0 saturated heterocycles. The molecule has 0 unspecified atom stereocenters. The molecule has 0 atom stereocenters. The van der Waals surface area contributed by atoms with Crippen LogP contribution in [0.3, 0.4) is 0 Å². The largest absolute Gasteiger partial charge is 0.378 e. The van der Waals surface area contributed by atoms with Crippen molar-refractivity contribution in [1.82, 2.24) is 0 Å². The summed E-state index contributed by atoms with van der Waals surface area (Å²) in [5, 5.41) is 14.6. The average molecular weight is 283 g/mol. The first-order valence-corrected chi connectivity index (χ1v) is 7.12. The molecule has 1 aliphatic carbocycles. The van der Waals surface area contributed by atoms with Crippen LogP contribution in [0.1, 0.15) is 32.6 Å². The molecule has 0 aliphatic heterocycles. The lowest BCUT2D eigenvalue weighted by Gasteiger charge is -2.26. The standard InChI is InChI=1S/C14H19ClN2O2/c1-10-5-7-11(8-6-10)9-16-14-12(15)3-2-4-13(14)17(18)19/h2-4,10-11,16H,5-9H2,1H3. The second-order valence-corrected chi connectivity index (χ2v) is 5.81. The molecule has 0 aromatic heterocycles. The molecular weight excluding hydrogens is 264 g/mol. The van der Waals surface area contributed by atoms with Crippen molar-refractivity contribution in [1.29, 1.82) is 0 Å². The monoisotopic (exact) mass is 282 g/mol. The number of benzene rings is 1. The van der Waals surface area contributed by atoms with Gasteiger partial charge in [0.15, 0.2) is 0 Å². The highest BCUT2D eigenvalue weighted by atomic mass is 35.5. The summed E-state index contributed by atoms with van der Waals surface area (Å²) in [6.07, 6.45) is 4.87. The Morgan fingerprint density at radius 3 is 2.68 bits per heavy atom. The van der Waals surface area contributed by atoms with Crippen LogP contribution >= 0.6 is 11.6 Å². The van der Waals surface area contributed by atoms with Gasteiger partial charge >= 0.3 is 0 Å². The predicted octanol–water partition coefficient (Wildman–Crippen LogP) is 4.49. The van der Waals surface area contributed by atoms with Crippen LogP contribution in [0, 0.1) is 22.0 Å². The van der Waals surface area contributed by atoms with Crippen molar-refractivity contribution in [3.63, 3.8) is 0 Å². The molecule has 5 heteroatoms. The highest BCUT2D eigenvalue weighted by Gasteiger charge is 2.21. The van der Waals surface area contributed by atoms with Crippen LogP contribution in [0.15, 0.2) is 18.2 Å². The number of hydrogen-bond donors (Lipinski definition) is 1. The molecular formula is C14H19ClN2O2. The van der Waals surface area contributed by atoms with Gasteiger partial charge in [0.25, 0.3) is 5.69 Å². The topological polar surface area (TPSA) is 55.2 Å². The van der Waals surface area contributed by atoms with Crippen molar-refractivity contribution < 1.29 is 4.92 Å². The Bertz CT molecular complexity index is 457. The van der Waals surface area contributed by atoms with Crippen LogP contribution in [0.5, 0.6) is 0 Å². The third-order valence-electron chi connectivity index (χ3n) is 3.89. The summed E-state index contributed by atoms with van der Waals surface area (Å²) in [5.74, 6) is 1.40. The Balaban J connectivity index is 2.01. The molecule has 1 aliphatic rings. The van der Waals surface area contributed by atoms with E-state index in [1.54, 1.807) is 12.1 Å². The maximum absolute atomic E-state index is 11.0. The minimum Gasteiger partial charge on any atom is -0.378 e. The van der Waals surface area contributed by atoms with E-state index < -0.39 is 4.92 Å². The fourth-order valence-corrected chi connectivity index (χ4v) is 2.86. The predicted molar refractivity (Wildman–Crippen MR) is 77.7 cm³/mol. The number of para-hydroxylation sites is 1. The van der Waals surface area contributed by atoms with Gasteiger partial charge in [0, 0.05) is 12.6 Å². The van der Waals surface area contributed by atoms with Gasteiger partial charge in [-0.3, -0.25) is 10.1 Å². The van der Waals surface area contributed by atoms with Crippen LogP contribution in [0.25, 0.3) is 0 Å². The van der Waals surface area contributed by atoms with Gasteiger partial charge in [-0.05, 0) is 30.7 Å². The van der Waals surface area contributed by atoms with Crippen LogP contribution in [0.4, 0.5) is 11.4 Å². The molecule has 1 saturated carbocycles. The second-order valence-electron chi connectivity index (χ2n) is 5.40. The fourth-order valence-electron chi connectivity index (χ4n) is 2.62. The molecule has 1 aromatic rings. The number of anilines is 1. The summed E-state index contributed by atoms with van der Waals surface area (Å²) < 4.78 is 0. The van der Waals surface area contributed by atoms with E-state index in [-0.39, 0.29) is 5.69 Å². The zero-order valence-electron chi connectivity index (χ0n) is 11.1. The number of hydrogen-bond acceptors (Lipinski definition) is 3. The highest BCUT2D eigenvalue weighted by Crippen LogP contribution is 2.33. The summed E-state index contributed by atoms with van der Waals surface area (Å²) in [6.45, 7) is 3.04. The third-order valence-corrected chi connectivity index (χ3v) is 4.21. The first-order chi connectivity index (χ1) is 9.08. The first kappa shape index (κ1) is 14.1. The van der Waals surface area contributed by atoms with E-state index in [1.807, 2.05) is 0 Å². The van der Waals surface area contributed by atoms with E-state index in [0.717, 1.165) is 12.5 Å². The Morgan fingerprint density at radius 1 is 1.37 bits per heavy atom. The first-order valence-electron chi connectivity index (χ1n) is 6.74. The number of nitro groups is 1. The van der Waals surface area contributed by atoms with E-state index in [1.165, 1.54) is 31.7 Å². The van der Waals surface area contributed by atoms with Gasteiger partial charge in [0.2, 0.25) is 0 Å². The van der Waals surface area contributed by atoms with Crippen molar-refractivity contribution in [2.24, 2.45) is 11.8 Å². The van der Waals surface area contributed by atoms with Crippen LogP contribution in [-0.2, 0) is 0 Å². The third kappa shape index (κ3) is 3.60. The molecule has 0 spiro atoms. The number of halogens is 1. The molecule has 0 heterocycles. The molecule has 104 valence electrons. The minimum absolute atomic E-state index is 0.0525. The van der Waals surface area contributed by atoms with Gasteiger partial charge < -0.3 is 5.32 Å². The van der Waals surface area contributed by atoms with Gasteiger partial charge in [0.05, 0.1) is 9.95 Å². The maximum atomic E-state index is 11.0. The number of nitrogens with one attached hydrogen (secondary N) is 1. The van der Waals surface area contributed by atoms with Crippen molar-refractivity contribution in [3.8, 4) is 0 Å². The average Bonchev–Trinajstić information content (AvgIpc) is 2.39. The van der Waals surface area contributed by atoms with E-state index >= 15 is 0 Å². The lowest BCUT2D eigenvalue weighted by Crippen LogP contribution is -2.20. The lowest BCUT2D eigenvalue weighted by atomic mass is 9.83. The zero-order chi connectivity index (χ0) is 13.8. The molecule has 1 aromatic carbocycles. The quantitative estimate of drug-likeness (QED) is 0.654. The van der Waals surface area contributed by atoms with Crippen molar-refractivity contribution in [3.05, 3.63) is 33.3 Å². The molecule has 4 nitrogen and oxygen atoms in total. The molecule has 0 bridgehead atoms. The lowest BCUT2D eigenvalue weighted by molar-refractivity contribution is -0.383. The van der Waals surface area contributed by atoms with Crippen LogP contribution < -0.4 is 5.32 Å². The summed E-state index contributed by atoms with van der Waals surface area (Å²) in [7, 11) is 0. The number of nitro benzene ring substituents is 1. The minimum atomic E-state index is -0.392. The molecule has 1 N–H and O–H groups in total. The Morgan fingerprint density at radius 2 is 2.05 bits per heavy atom. The molecule has 19 heavy (non-hydrogen) atoms. The van der Waals surface area contributed by atoms with E-state index in [4.69, 9.17) is 11.6 Å². The zero-order valence-corrected chi connectivity index (χ0v) is 11.8. The normalized spacial score (nSPS) is 23.1. The summed E-state index contributed by atoms with van der Waals surface area (Å²) in [5.41, 5.74) is 0.504. The van der Waals surface area contributed by atoms with Gasteiger partial charge in [-0.25, -0.2) is 0 Å². The fraction of sp³-hybridized carbons (Fsp3) is 0.571. The summed E-state index contributed by atoms with van der Waals surface area (Å²) >= 11 is 6.05. The molecule has 1 fully saturated rings. The highest BCUT2D eigenvalue weighted by molar-refractivity contribution is 6.33. The maximum Gasteiger partial charge on any atom is 0.293 e. The summed E-state index contributed by atoms with van der Waals surface area (Å²) in [6, 6.07) is 4.77. The molecule has 2 rings (SSSR count). The van der Waals surface area contributed by atoms with E-state index in [0.29, 0.717) is 16.6 Å². The van der Waals surface area contributed by atoms with Gasteiger partial charge in [-0.15, -0.1) is 0 Å². The SMILES string of the molecule is CC1CCC(CNc2c(Cl)cccc2[N+](=O)[O-])CC1. The Kier molecular flexibility index (Phi) is 4.64. The van der Waals surface area contributed by atoms with Crippen LogP contribution in [-0.4, -0.2) is 11.5 Å². The van der Waals surface area contributed by atoms with Gasteiger partial charge in [0.1, 0.15) is 5.69 Å². The van der Waals surface area contributed by atoms with Gasteiger partial charge in [-0.2, -0.15) is 0 Å². The summed E-state index contributed by atoms with van der Waals surface area (Å²) in [4.78, 5) is 10.6. The number of rotatable bonds is 4. The molecule has 0 amide bonds. The van der Waals surface area contributed by atoms with Crippen molar-refractivity contribution in [2.45, 2.75) is 32.6 Å². The van der Waals surface area contributed by atoms with E-state index in [9.17, 15) is 10.1 Å². The Hall–Kier alpha value is -1.29. The van der Waals surface area contributed by atoms with Crippen molar-refractivity contribution >= 4 is 23.0 Å². The van der Waals surface area contributed by atoms with Gasteiger partial charge in [-0.1, -0.05) is 37.4 Å². The smallest absolute Gasteiger partial charge is 0.293 e. The van der Waals surface area contributed by atoms with Crippen molar-refractivity contribution in [2.75, 3.05) is 11.9 Å². The molecule has 0 radical (unpaired) electrons.